The second-order valence-electron chi connectivity index (χ2n) is 19.2. The summed E-state index contributed by atoms with van der Waals surface area (Å²) in [5.41, 5.74) is 9.12. The van der Waals surface area contributed by atoms with Gasteiger partial charge in [0.1, 0.15) is 30.6 Å². The van der Waals surface area contributed by atoms with Crippen LogP contribution in [0.5, 0.6) is 0 Å². The summed E-state index contributed by atoms with van der Waals surface area (Å²) >= 11 is 0. The zero-order chi connectivity index (χ0) is 58.3. The molecule has 11 N–H and O–H groups in total. The molecule has 2 aromatic heterocycles. The molecule has 1 fully saturated rings. The quantitative estimate of drug-likeness (QED) is 0.0219. The molecule has 1 saturated heterocycles. The molecule has 7 rings (SSSR count). The van der Waals surface area contributed by atoms with Crippen molar-refractivity contribution in [3.05, 3.63) is 84.1 Å². The van der Waals surface area contributed by atoms with Crippen LogP contribution in [0.4, 0.5) is 22.0 Å². The number of phosphoric acid groups is 3. The number of alkyl carbamates (subject to hydrolysis) is 1. The molecule has 2 unspecified atom stereocenters. The first-order chi connectivity index (χ1) is 36.6. The summed E-state index contributed by atoms with van der Waals surface area (Å²) in [6, 6.07) is 8.89. The molecule has 432 valence electrons. The van der Waals surface area contributed by atoms with Gasteiger partial charge in [0.25, 0.3) is 20.2 Å². The predicted molar refractivity (Wildman–Crippen MR) is 278 cm³/mol. The van der Waals surface area contributed by atoms with E-state index in [9.17, 15) is 64.1 Å². The molecule has 2 aromatic carbocycles. The van der Waals surface area contributed by atoms with E-state index in [4.69, 9.17) is 29.5 Å². The molecule has 30 nitrogen and oxygen atoms in total. The molecule has 0 bridgehead atoms. The van der Waals surface area contributed by atoms with Crippen LogP contribution in [-0.2, 0) is 72.2 Å². The number of carbonyl (C=O) groups is 2. The number of imidazole rings is 1. The van der Waals surface area contributed by atoms with Crippen LogP contribution in [0, 0.1) is 0 Å². The summed E-state index contributed by atoms with van der Waals surface area (Å²) < 4.78 is 130. The monoisotopic (exact) mass is 1210 g/mol. The number of nitrogens with two attached hydrogens (primary N) is 1. The minimum Gasteiger partial charge on any atom is -0.440 e. The third-order valence-corrected chi connectivity index (χ3v) is 18.7. The molecular formula is C44H59N9O21P3S2+. The second kappa shape index (κ2) is 23.2. The van der Waals surface area contributed by atoms with Gasteiger partial charge in [0.05, 0.1) is 28.1 Å². The normalized spacial score (nSPS) is 22.0. The summed E-state index contributed by atoms with van der Waals surface area (Å²) in [7, 11) is -26.3. The summed E-state index contributed by atoms with van der Waals surface area (Å²) in [6.45, 7) is 9.31. The molecule has 0 saturated carbocycles. The summed E-state index contributed by atoms with van der Waals surface area (Å²) in [5, 5.41) is 16.4. The van der Waals surface area contributed by atoms with Gasteiger partial charge in [0.2, 0.25) is 11.6 Å². The molecule has 6 atom stereocenters. The lowest BCUT2D eigenvalue weighted by Gasteiger charge is -2.25. The van der Waals surface area contributed by atoms with Gasteiger partial charge in [0.15, 0.2) is 29.5 Å². The van der Waals surface area contributed by atoms with Crippen molar-refractivity contribution in [1.82, 2.24) is 30.2 Å². The number of aliphatic hydroxyl groups excluding tert-OH is 1. The third-order valence-electron chi connectivity index (χ3n) is 13.2. The number of nitrogens with one attached hydrogen (secondary N) is 2. The van der Waals surface area contributed by atoms with Gasteiger partial charge in [-0.15, -0.1) is 0 Å². The number of hydrogen-bond acceptors (Lipinski definition) is 20. The number of benzene rings is 2. The molecule has 35 heteroatoms. The van der Waals surface area contributed by atoms with Crippen molar-refractivity contribution in [1.29, 1.82) is 0 Å². The largest absolute Gasteiger partial charge is 0.490 e. The van der Waals surface area contributed by atoms with E-state index in [0.717, 1.165) is 35.4 Å². The first-order valence-corrected chi connectivity index (χ1v) is 31.4. The fourth-order valence-corrected chi connectivity index (χ4v) is 13.6. The van der Waals surface area contributed by atoms with Crippen molar-refractivity contribution in [3.63, 3.8) is 0 Å². The van der Waals surface area contributed by atoms with E-state index >= 15 is 0 Å². The van der Waals surface area contributed by atoms with Gasteiger partial charge in [0, 0.05) is 67.0 Å². The number of nitrogens with zero attached hydrogens (tertiary/aromatic N) is 6. The van der Waals surface area contributed by atoms with E-state index in [1.807, 2.05) is 57.4 Å². The van der Waals surface area contributed by atoms with Crippen LogP contribution in [0.3, 0.4) is 0 Å². The maximum atomic E-state index is 13.0. The summed E-state index contributed by atoms with van der Waals surface area (Å²) in [6.07, 6.45) is 1.77. The first-order valence-electron chi connectivity index (χ1n) is 24.0. The van der Waals surface area contributed by atoms with Crippen LogP contribution < -0.4 is 21.3 Å². The maximum Gasteiger partial charge on any atom is 0.490 e. The van der Waals surface area contributed by atoms with Crippen LogP contribution in [0.25, 0.3) is 11.2 Å². The number of anilines is 2. The average Bonchev–Trinajstić information content (AvgIpc) is 4.06. The minimum absolute atomic E-state index is 0.0422. The number of nitrogen functional groups attached to an aromatic ring is 1. The molecule has 0 aliphatic carbocycles. The molecule has 3 aliphatic rings. The van der Waals surface area contributed by atoms with E-state index < -0.39 is 91.8 Å². The number of ether oxygens (including phenoxy) is 2. The number of aliphatic hydroxyl groups is 1. The van der Waals surface area contributed by atoms with Gasteiger partial charge in [-0.2, -0.15) is 30.0 Å². The predicted octanol–water partition coefficient (Wildman–Crippen LogP) is 3.61. The Kier molecular flexibility index (Phi) is 18.0. The lowest BCUT2D eigenvalue weighted by atomic mass is 9.81. The Hall–Kier alpha value is -5.37. The van der Waals surface area contributed by atoms with Crippen molar-refractivity contribution in [2.45, 2.75) is 105 Å². The SMILES string of the molecule is CCN1/C(=C/C=C/C2=[N+](CCCCCC(=O)NCCNC(=O)O[C@H]3[C@@H](O)[C@H](n4cnc5c(N)ncnc54)O[C@@H]3COP(=O)(O)OP(=O)(O)OP(=O)(O)O)c3ccc(S(=O)(=O)O)cc3C2(C)C)C(C)(C)c2cc(S(=O)(=O)O)ccc21. The molecule has 3 aliphatic heterocycles. The Morgan fingerprint density at radius 2 is 1.53 bits per heavy atom. The highest BCUT2D eigenvalue weighted by molar-refractivity contribution is 7.86. The van der Waals surface area contributed by atoms with Gasteiger partial charge in [-0.25, -0.2) is 33.4 Å². The molecular weight excluding hydrogens is 1150 g/mol. The van der Waals surface area contributed by atoms with Crippen molar-refractivity contribution >= 4 is 89.8 Å². The highest BCUT2D eigenvalue weighted by Gasteiger charge is 2.50. The first kappa shape index (κ1) is 61.3. The average molecular weight is 1210 g/mol. The molecule has 4 aromatic rings. The maximum absolute atomic E-state index is 13.0. The summed E-state index contributed by atoms with van der Waals surface area (Å²) in [4.78, 5) is 76.8. The Bertz CT molecular complexity index is 3510. The van der Waals surface area contributed by atoms with Crippen LogP contribution in [-0.4, -0.2) is 144 Å². The molecule has 0 radical (unpaired) electrons. The highest BCUT2D eigenvalue weighted by Crippen LogP contribution is 2.66. The Labute approximate surface area is 452 Å². The zero-order valence-corrected chi connectivity index (χ0v) is 47.1. The van der Waals surface area contributed by atoms with Gasteiger partial charge in [-0.1, -0.05) is 19.9 Å². The molecule has 0 spiro atoms. The van der Waals surface area contributed by atoms with E-state index in [2.05, 4.69) is 39.1 Å². The number of hydrogen-bond donors (Lipinski definition) is 10. The van der Waals surface area contributed by atoms with E-state index in [1.165, 1.54) is 28.8 Å². The second-order valence-corrected chi connectivity index (χ2v) is 26.5. The van der Waals surface area contributed by atoms with Gasteiger partial charge in [-0.05, 0) is 75.6 Å². The number of carbonyl (C=O) groups excluding carboxylic acids is 2. The van der Waals surface area contributed by atoms with Crippen LogP contribution in [0.15, 0.2) is 82.8 Å². The minimum atomic E-state index is -5.91. The molecule has 5 heterocycles. The lowest BCUT2D eigenvalue weighted by Crippen LogP contribution is -2.42. The number of fused-ring (bicyclic) bond motifs is 3. The number of aromatic nitrogens is 4. The van der Waals surface area contributed by atoms with E-state index in [1.54, 1.807) is 12.1 Å². The van der Waals surface area contributed by atoms with E-state index in [0.29, 0.717) is 43.5 Å². The van der Waals surface area contributed by atoms with Crippen molar-refractivity contribution in [2.24, 2.45) is 0 Å². The molecule has 79 heavy (non-hydrogen) atoms. The van der Waals surface area contributed by atoms with Crippen LogP contribution in [0.1, 0.15) is 77.7 Å². The Morgan fingerprint density at radius 3 is 2.19 bits per heavy atom. The number of allylic oxidation sites excluding steroid dienone is 4. The number of unbranched alkanes of at least 4 members (excludes halogenated alkanes) is 2. The fourth-order valence-electron chi connectivity index (χ4n) is 9.55. The fraction of sp³-hybridized carbons (Fsp3) is 0.455. The molecule has 2 amide bonds. The highest BCUT2D eigenvalue weighted by atomic mass is 32.2. The van der Waals surface area contributed by atoms with Crippen molar-refractivity contribution < 1.29 is 101 Å². The lowest BCUT2D eigenvalue weighted by molar-refractivity contribution is -0.438. The topological polar surface area (TPSA) is 441 Å². The Morgan fingerprint density at radius 1 is 0.873 bits per heavy atom. The number of likely N-dealkylation sites (N-methyl/N-ethyl adjacent to an activating group) is 1. The van der Waals surface area contributed by atoms with Crippen LogP contribution in [0.2, 0.25) is 0 Å². The van der Waals surface area contributed by atoms with Gasteiger partial charge in [-0.3, -0.25) is 23.0 Å². The van der Waals surface area contributed by atoms with Crippen molar-refractivity contribution in [2.75, 3.05) is 43.4 Å². The number of phosphoric ester groups is 1. The third kappa shape index (κ3) is 14.0. The van der Waals surface area contributed by atoms with Gasteiger partial charge >= 0.3 is 29.6 Å². The smallest absolute Gasteiger partial charge is 0.440 e. The standard InChI is InChI=1S/C44H58N9O21P3S2/c1-6-51-30-16-14-26(78(64,65)66)21-28(30)43(2,3)33(51)11-10-12-34-44(4,5)29-22-27(79(67,68)69)15-17-31(29)52(34)20-9-7-8-13-35(54)46-18-19-47-42(56)72-38-32(23-70-76(60,61)74-77(62,63)73-75(57,58)59)71-41(37(38)55)53-25-50-36-39(45)48-24-49-40(36)53/h10-12,14-17,21-22,24-25,32,37-38,41,55H,6-9,13,18-20,23H2,1-5H3,(H9-,45,46,47,48,49,54,56,57,58,59,60,61,62,63,64,65,66,67,68,69)/p+1/t32-,37-,38-,41-/m1/s1. The van der Waals surface area contributed by atoms with Crippen LogP contribution >= 0.6 is 23.5 Å². The number of amides is 2. The Balaban J connectivity index is 0.952. The summed E-state index contributed by atoms with van der Waals surface area (Å²) in [5.74, 6) is -0.405. The van der Waals surface area contributed by atoms with Gasteiger partial charge < -0.3 is 55.4 Å². The van der Waals surface area contributed by atoms with Crippen molar-refractivity contribution in [3.8, 4) is 0 Å². The zero-order valence-electron chi connectivity index (χ0n) is 42.8. The van der Waals surface area contributed by atoms with E-state index in [-0.39, 0.29) is 52.2 Å². The number of rotatable bonds is 23.